The van der Waals surface area contributed by atoms with E-state index in [9.17, 15) is 9.59 Å². The summed E-state index contributed by atoms with van der Waals surface area (Å²) in [7, 11) is 0. The standard InChI is InChI=1S/C15H13N3O2S/c19-14(11-5-3-7-16-9-11)17-18-15(20)13-8-10-4-1-2-6-12(10)21-13/h1-7,9,13H,8H2,(H,17,19)(H,18,20). The quantitative estimate of drug-likeness (QED) is 0.826. The summed E-state index contributed by atoms with van der Waals surface area (Å²) < 4.78 is 0. The zero-order chi connectivity index (χ0) is 14.7. The molecule has 0 fully saturated rings. The average Bonchev–Trinajstić information content (AvgIpc) is 2.97. The van der Waals surface area contributed by atoms with Crippen molar-refractivity contribution in [1.29, 1.82) is 0 Å². The van der Waals surface area contributed by atoms with Crippen molar-refractivity contribution in [2.24, 2.45) is 0 Å². The zero-order valence-electron chi connectivity index (χ0n) is 11.1. The number of pyridine rings is 1. The summed E-state index contributed by atoms with van der Waals surface area (Å²) >= 11 is 1.52. The smallest absolute Gasteiger partial charge is 0.271 e. The first-order chi connectivity index (χ1) is 10.2. The minimum Gasteiger partial charge on any atom is -0.272 e. The molecule has 2 amide bonds. The highest BCUT2D eigenvalue weighted by molar-refractivity contribution is 8.01. The molecule has 21 heavy (non-hydrogen) atoms. The number of hydrogen-bond donors (Lipinski definition) is 2. The van der Waals surface area contributed by atoms with Gasteiger partial charge in [-0.3, -0.25) is 25.4 Å². The molecule has 2 heterocycles. The molecule has 5 nitrogen and oxygen atoms in total. The van der Waals surface area contributed by atoms with Gasteiger partial charge in [-0.1, -0.05) is 18.2 Å². The fraction of sp³-hybridized carbons (Fsp3) is 0.133. The number of hydrogen-bond acceptors (Lipinski definition) is 4. The van der Waals surface area contributed by atoms with Crippen molar-refractivity contribution in [3.05, 3.63) is 59.9 Å². The molecule has 0 bridgehead atoms. The maximum Gasteiger partial charge on any atom is 0.271 e. The van der Waals surface area contributed by atoms with Gasteiger partial charge in [-0.2, -0.15) is 0 Å². The van der Waals surface area contributed by atoms with Gasteiger partial charge >= 0.3 is 0 Å². The van der Waals surface area contributed by atoms with E-state index in [0.29, 0.717) is 12.0 Å². The number of nitrogens with zero attached hydrogens (tertiary/aromatic N) is 1. The second kappa shape index (κ2) is 5.97. The van der Waals surface area contributed by atoms with Crippen molar-refractivity contribution in [2.75, 3.05) is 0 Å². The summed E-state index contributed by atoms with van der Waals surface area (Å²) in [6, 6.07) is 11.2. The average molecular weight is 299 g/mol. The Labute approximate surface area is 126 Å². The SMILES string of the molecule is O=C(NNC(=O)C1Cc2ccccc2S1)c1cccnc1. The van der Waals surface area contributed by atoms with E-state index in [1.54, 1.807) is 18.3 Å². The fourth-order valence-electron chi connectivity index (χ4n) is 2.10. The highest BCUT2D eigenvalue weighted by Crippen LogP contribution is 2.36. The minimum atomic E-state index is -0.378. The number of rotatable bonds is 2. The van der Waals surface area contributed by atoms with Crippen LogP contribution in [0.25, 0.3) is 0 Å². The van der Waals surface area contributed by atoms with E-state index in [4.69, 9.17) is 0 Å². The molecule has 1 unspecified atom stereocenters. The highest BCUT2D eigenvalue weighted by Gasteiger charge is 2.28. The lowest BCUT2D eigenvalue weighted by Gasteiger charge is -2.10. The van der Waals surface area contributed by atoms with E-state index in [-0.39, 0.29) is 17.1 Å². The molecule has 1 aliphatic heterocycles. The maximum absolute atomic E-state index is 12.1. The van der Waals surface area contributed by atoms with Crippen LogP contribution in [-0.4, -0.2) is 22.0 Å². The molecule has 3 rings (SSSR count). The van der Waals surface area contributed by atoms with Crippen LogP contribution in [0.3, 0.4) is 0 Å². The van der Waals surface area contributed by atoms with E-state index in [2.05, 4.69) is 15.8 Å². The van der Waals surface area contributed by atoms with Crippen LogP contribution >= 0.6 is 11.8 Å². The molecule has 106 valence electrons. The molecular weight excluding hydrogens is 286 g/mol. The van der Waals surface area contributed by atoms with Crippen molar-refractivity contribution in [3.63, 3.8) is 0 Å². The topological polar surface area (TPSA) is 71.1 Å². The first-order valence-corrected chi connectivity index (χ1v) is 7.37. The normalized spacial score (nSPS) is 16.1. The molecule has 1 atom stereocenters. The minimum absolute atomic E-state index is 0.201. The molecule has 2 N–H and O–H groups in total. The molecule has 2 aromatic rings. The Morgan fingerprint density at radius 3 is 2.76 bits per heavy atom. The number of aromatic nitrogens is 1. The third-order valence-corrected chi connectivity index (χ3v) is 4.48. The monoisotopic (exact) mass is 299 g/mol. The predicted molar refractivity (Wildman–Crippen MR) is 79.6 cm³/mol. The molecule has 0 saturated heterocycles. The van der Waals surface area contributed by atoms with Gasteiger partial charge in [0.1, 0.15) is 0 Å². The Morgan fingerprint density at radius 2 is 2.00 bits per heavy atom. The first-order valence-electron chi connectivity index (χ1n) is 6.49. The lowest BCUT2D eigenvalue weighted by atomic mass is 10.1. The second-order valence-electron chi connectivity index (χ2n) is 4.60. The summed E-state index contributed by atoms with van der Waals surface area (Å²) in [6.07, 6.45) is 3.71. The zero-order valence-corrected chi connectivity index (χ0v) is 11.9. The van der Waals surface area contributed by atoms with E-state index in [0.717, 1.165) is 4.90 Å². The van der Waals surface area contributed by atoms with E-state index in [1.807, 2.05) is 24.3 Å². The Morgan fingerprint density at radius 1 is 1.14 bits per heavy atom. The van der Waals surface area contributed by atoms with Crippen molar-refractivity contribution < 1.29 is 9.59 Å². The number of nitrogens with one attached hydrogen (secondary N) is 2. The molecule has 1 aliphatic rings. The second-order valence-corrected chi connectivity index (χ2v) is 5.85. The number of carbonyl (C=O) groups excluding carboxylic acids is 2. The van der Waals surface area contributed by atoms with Crippen LogP contribution in [0.1, 0.15) is 15.9 Å². The Kier molecular flexibility index (Phi) is 3.87. The van der Waals surface area contributed by atoms with Crippen LogP contribution in [0.15, 0.2) is 53.7 Å². The van der Waals surface area contributed by atoms with Gasteiger partial charge in [-0.05, 0) is 30.2 Å². The third kappa shape index (κ3) is 3.05. The first kappa shape index (κ1) is 13.6. The van der Waals surface area contributed by atoms with Gasteiger partial charge in [-0.25, -0.2) is 0 Å². The van der Waals surface area contributed by atoms with Crippen LogP contribution in [0.4, 0.5) is 0 Å². The third-order valence-electron chi connectivity index (χ3n) is 3.16. The molecule has 0 radical (unpaired) electrons. The number of benzene rings is 1. The fourth-order valence-corrected chi connectivity index (χ4v) is 3.29. The van der Waals surface area contributed by atoms with Crippen molar-refractivity contribution >= 4 is 23.6 Å². The molecule has 1 aromatic carbocycles. The van der Waals surface area contributed by atoms with Gasteiger partial charge in [0, 0.05) is 17.3 Å². The van der Waals surface area contributed by atoms with Crippen LogP contribution in [0.5, 0.6) is 0 Å². The molecule has 0 saturated carbocycles. The van der Waals surface area contributed by atoms with Crippen LogP contribution < -0.4 is 10.9 Å². The lowest BCUT2D eigenvalue weighted by molar-refractivity contribution is -0.121. The van der Waals surface area contributed by atoms with E-state index >= 15 is 0 Å². The summed E-state index contributed by atoms with van der Waals surface area (Å²) in [5.41, 5.74) is 6.45. The summed E-state index contributed by atoms with van der Waals surface area (Å²) in [5, 5.41) is -0.211. The summed E-state index contributed by atoms with van der Waals surface area (Å²) in [4.78, 5) is 28.9. The van der Waals surface area contributed by atoms with Gasteiger partial charge < -0.3 is 0 Å². The van der Waals surface area contributed by atoms with Gasteiger partial charge in [0.05, 0.1) is 10.8 Å². The number of amides is 2. The van der Waals surface area contributed by atoms with Gasteiger partial charge in [0.15, 0.2) is 0 Å². The van der Waals surface area contributed by atoms with Gasteiger partial charge in [0.2, 0.25) is 0 Å². The molecular formula is C15H13N3O2S. The summed E-state index contributed by atoms with van der Waals surface area (Å²) in [6.45, 7) is 0. The Bertz CT molecular complexity index is 651. The number of fused-ring (bicyclic) bond motifs is 1. The van der Waals surface area contributed by atoms with Crippen molar-refractivity contribution in [2.45, 2.75) is 16.6 Å². The van der Waals surface area contributed by atoms with Crippen molar-refractivity contribution in [3.8, 4) is 0 Å². The van der Waals surface area contributed by atoms with E-state index < -0.39 is 0 Å². The number of carbonyl (C=O) groups is 2. The highest BCUT2D eigenvalue weighted by atomic mass is 32.2. The predicted octanol–water partition coefficient (Wildman–Crippen LogP) is 1.56. The van der Waals surface area contributed by atoms with Crippen LogP contribution in [0.2, 0.25) is 0 Å². The Balaban J connectivity index is 1.55. The van der Waals surface area contributed by atoms with Gasteiger partial charge in [-0.15, -0.1) is 11.8 Å². The maximum atomic E-state index is 12.1. The molecule has 1 aromatic heterocycles. The number of hydrazine groups is 1. The summed E-state index contributed by atoms with van der Waals surface area (Å²) in [5.74, 6) is -0.578. The molecule has 0 aliphatic carbocycles. The van der Waals surface area contributed by atoms with Crippen LogP contribution in [-0.2, 0) is 11.2 Å². The van der Waals surface area contributed by atoms with Crippen LogP contribution in [0, 0.1) is 0 Å². The number of thioether (sulfide) groups is 1. The Hall–Kier alpha value is -2.34. The molecule has 0 spiro atoms. The largest absolute Gasteiger partial charge is 0.272 e. The lowest BCUT2D eigenvalue weighted by Crippen LogP contribution is -2.45. The van der Waals surface area contributed by atoms with Gasteiger partial charge in [0.25, 0.3) is 11.8 Å². The van der Waals surface area contributed by atoms with Crippen molar-refractivity contribution in [1.82, 2.24) is 15.8 Å². The molecule has 6 heteroatoms. The van der Waals surface area contributed by atoms with E-state index in [1.165, 1.54) is 23.5 Å².